The fourth-order valence-corrected chi connectivity index (χ4v) is 2.32. The number of hydrogen-bond donors (Lipinski definition) is 0. The molecule has 1 fully saturated rings. The van der Waals surface area contributed by atoms with Crippen LogP contribution in [0.3, 0.4) is 0 Å². The Labute approximate surface area is 107 Å². The molecular formula is C14H18FNO2. The third-order valence-electron chi connectivity index (χ3n) is 3.34. The molecule has 0 saturated carbocycles. The predicted octanol–water partition coefficient (Wildman–Crippen LogP) is 2.12. The molecule has 0 N–H and O–H groups in total. The minimum absolute atomic E-state index is 0.162. The Morgan fingerprint density at radius 1 is 1.50 bits per heavy atom. The van der Waals surface area contributed by atoms with Gasteiger partial charge in [-0.1, -0.05) is 12.1 Å². The van der Waals surface area contributed by atoms with E-state index in [0.29, 0.717) is 0 Å². The van der Waals surface area contributed by atoms with Crippen molar-refractivity contribution in [3.05, 3.63) is 35.6 Å². The number of halogens is 1. The second kappa shape index (κ2) is 6.07. The van der Waals surface area contributed by atoms with Crippen LogP contribution in [0.4, 0.5) is 4.39 Å². The quantitative estimate of drug-likeness (QED) is 0.768. The number of hydrogen-bond acceptors (Lipinski definition) is 3. The van der Waals surface area contributed by atoms with Crippen molar-refractivity contribution in [1.29, 1.82) is 0 Å². The van der Waals surface area contributed by atoms with Gasteiger partial charge in [-0.2, -0.15) is 0 Å². The Kier molecular flexibility index (Phi) is 4.44. The highest BCUT2D eigenvalue weighted by molar-refractivity contribution is 5.97. The Bertz CT molecular complexity index is 422. The normalized spacial score (nSPS) is 20.9. The fraction of sp³-hybridized carbons (Fsp3) is 0.500. The van der Waals surface area contributed by atoms with Gasteiger partial charge in [0.15, 0.2) is 5.78 Å². The van der Waals surface area contributed by atoms with Gasteiger partial charge in [0, 0.05) is 13.7 Å². The predicted molar refractivity (Wildman–Crippen MR) is 67.2 cm³/mol. The van der Waals surface area contributed by atoms with Crippen LogP contribution in [0.1, 0.15) is 23.2 Å². The van der Waals surface area contributed by atoms with Gasteiger partial charge in [0.2, 0.25) is 0 Å². The Balaban J connectivity index is 1.97. The van der Waals surface area contributed by atoms with Crippen molar-refractivity contribution >= 4 is 5.78 Å². The molecule has 1 aliphatic heterocycles. The number of ketones is 1. The number of piperidine rings is 1. The van der Waals surface area contributed by atoms with Gasteiger partial charge in [0.05, 0.1) is 18.2 Å². The molecule has 1 unspecified atom stereocenters. The summed E-state index contributed by atoms with van der Waals surface area (Å²) in [6.45, 7) is 1.89. The van der Waals surface area contributed by atoms with Crippen molar-refractivity contribution < 1.29 is 13.9 Å². The lowest BCUT2D eigenvalue weighted by Crippen LogP contribution is -2.41. The van der Waals surface area contributed by atoms with Crippen LogP contribution >= 0.6 is 0 Å². The van der Waals surface area contributed by atoms with Crippen molar-refractivity contribution in [2.24, 2.45) is 0 Å². The number of rotatable bonds is 4. The van der Waals surface area contributed by atoms with E-state index >= 15 is 0 Å². The maximum atomic E-state index is 13.5. The molecule has 1 atom stereocenters. The molecule has 0 spiro atoms. The number of carbonyl (C=O) groups is 1. The number of carbonyl (C=O) groups excluding carboxylic acids is 1. The number of nitrogens with zero attached hydrogens (tertiary/aromatic N) is 1. The molecule has 3 nitrogen and oxygen atoms in total. The van der Waals surface area contributed by atoms with Crippen LogP contribution in [0, 0.1) is 5.82 Å². The topological polar surface area (TPSA) is 29.5 Å². The third kappa shape index (κ3) is 3.15. The minimum Gasteiger partial charge on any atom is -0.380 e. The van der Waals surface area contributed by atoms with Gasteiger partial charge in [0.1, 0.15) is 5.82 Å². The van der Waals surface area contributed by atoms with Gasteiger partial charge in [-0.25, -0.2) is 4.39 Å². The lowest BCUT2D eigenvalue weighted by atomic mass is 10.1. The molecule has 0 aromatic heterocycles. The van der Waals surface area contributed by atoms with E-state index in [-0.39, 0.29) is 24.0 Å². The van der Waals surface area contributed by atoms with Crippen molar-refractivity contribution in [1.82, 2.24) is 4.90 Å². The standard InChI is InChI=1S/C14H18FNO2/c1-18-11-5-4-8-16(9-11)10-14(17)12-6-2-3-7-13(12)15/h2-3,6-7,11H,4-5,8-10H2,1H3. The van der Waals surface area contributed by atoms with Crippen LogP contribution in [0.2, 0.25) is 0 Å². The number of ether oxygens (including phenoxy) is 1. The lowest BCUT2D eigenvalue weighted by Gasteiger charge is -2.31. The van der Waals surface area contributed by atoms with Crippen LogP contribution in [-0.2, 0) is 4.74 Å². The van der Waals surface area contributed by atoms with E-state index in [1.165, 1.54) is 12.1 Å². The highest BCUT2D eigenvalue weighted by atomic mass is 19.1. The number of likely N-dealkylation sites (tertiary alicyclic amines) is 1. The van der Waals surface area contributed by atoms with E-state index < -0.39 is 5.82 Å². The summed E-state index contributed by atoms with van der Waals surface area (Å²) in [6, 6.07) is 6.13. The minimum atomic E-state index is -0.442. The molecule has 0 radical (unpaired) electrons. The molecule has 1 saturated heterocycles. The molecule has 0 bridgehead atoms. The largest absolute Gasteiger partial charge is 0.380 e. The zero-order chi connectivity index (χ0) is 13.0. The van der Waals surface area contributed by atoms with Crippen molar-refractivity contribution in [2.45, 2.75) is 18.9 Å². The molecule has 1 aromatic carbocycles. The first-order valence-corrected chi connectivity index (χ1v) is 6.23. The molecule has 0 amide bonds. The van der Waals surface area contributed by atoms with E-state index in [4.69, 9.17) is 4.74 Å². The molecule has 0 aliphatic carbocycles. The third-order valence-corrected chi connectivity index (χ3v) is 3.34. The van der Waals surface area contributed by atoms with Crippen molar-refractivity contribution in [3.8, 4) is 0 Å². The van der Waals surface area contributed by atoms with Crippen LogP contribution in [0.5, 0.6) is 0 Å². The second-order valence-electron chi connectivity index (χ2n) is 4.64. The monoisotopic (exact) mass is 251 g/mol. The molecule has 4 heteroatoms. The Morgan fingerprint density at radius 3 is 3.00 bits per heavy atom. The van der Waals surface area contributed by atoms with E-state index in [9.17, 15) is 9.18 Å². The van der Waals surface area contributed by atoms with Gasteiger partial charge in [0.25, 0.3) is 0 Å². The number of Topliss-reactive ketones (excluding diaryl/α,β-unsaturated/α-hetero) is 1. The molecule has 98 valence electrons. The lowest BCUT2D eigenvalue weighted by molar-refractivity contribution is 0.0313. The smallest absolute Gasteiger partial charge is 0.179 e. The summed E-state index contributed by atoms with van der Waals surface area (Å²) in [5, 5.41) is 0. The zero-order valence-corrected chi connectivity index (χ0v) is 10.6. The van der Waals surface area contributed by atoms with Gasteiger partial charge in [-0.3, -0.25) is 9.69 Å². The maximum absolute atomic E-state index is 13.5. The van der Waals surface area contributed by atoms with Crippen LogP contribution in [-0.4, -0.2) is 43.5 Å². The first kappa shape index (κ1) is 13.2. The van der Waals surface area contributed by atoms with Gasteiger partial charge in [-0.15, -0.1) is 0 Å². The summed E-state index contributed by atoms with van der Waals surface area (Å²) in [4.78, 5) is 14.0. The molecule has 1 aromatic rings. The average Bonchev–Trinajstić information content (AvgIpc) is 2.39. The zero-order valence-electron chi connectivity index (χ0n) is 10.6. The Morgan fingerprint density at radius 2 is 2.28 bits per heavy atom. The Hall–Kier alpha value is -1.26. The van der Waals surface area contributed by atoms with Crippen LogP contribution in [0.25, 0.3) is 0 Å². The molecule has 1 aliphatic rings. The van der Waals surface area contributed by atoms with Crippen molar-refractivity contribution in [2.75, 3.05) is 26.7 Å². The van der Waals surface area contributed by atoms with E-state index in [1.54, 1.807) is 19.2 Å². The molecular weight excluding hydrogens is 233 g/mol. The first-order valence-electron chi connectivity index (χ1n) is 6.23. The second-order valence-corrected chi connectivity index (χ2v) is 4.64. The summed E-state index contributed by atoms with van der Waals surface area (Å²) in [7, 11) is 1.69. The van der Waals surface area contributed by atoms with Crippen LogP contribution < -0.4 is 0 Å². The summed E-state index contributed by atoms with van der Waals surface area (Å²) in [6.07, 6.45) is 2.23. The van der Waals surface area contributed by atoms with Gasteiger partial charge in [-0.05, 0) is 31.5 Å². The highest BCUT2D eigenvalue weighted by Crippen LogP contribution is 2.14. The average molecular weight is 251 g/mol. The van der Waals surface area contributed by atoms with E-state index in [2.05, 4.69) is 0 Å². The summed E-state index contributed by atoms with van der Waals surface area (Å²) in [5.74, 6) is -0.604. The van der Waals surface area contributed by atoms with Crippen LogP contribution in [0.15, 0.2) is 24.3 Å². The summed E-state index contributed by atoms with van der Waals surface area (Å²) >= 11 is 0. The molecule has 2 rings (SSSR count). The fourth-order valence-electron chi connectivity index (χ4n) is 2.32. The summed E-state index contributed by atoms with van der Waals surface area (Å²) < 4.78 is 18.8. The maximum Gasteiger partial charge on any atom is 0.179 e. The summed E-state index contributed by atoms with van der Waals surface area (Å²) in [5.41, 5.74) is 0.178. The van der Waals surface area contributed by atoms with Gasteiger partial charge >= 0.3 is 0 Å². The first-order chi connectivity index (χ1) is 8.70. The molecule has 1 heterocycles. The number of methoxy groups -OCH3 is 1. The van der Waals surface area contributed by atoms with E-state index in [1.807, 2.05) is 4.90 Å². The van der Waals surface area contributed by atoms with Crippen molar-refractivity contribution in [3.63, 3.8) is 0 Å². The van der Waals surface area contributed by atoms with E-state index in [0.717, 1.165) is 25.9 Å². The van der Waals surface area contributed by atoms with Gasteiger partial charge < -0.3 is 4.74 Å². The molecule has 18 heavy (non-hydrogen) atoms. The number of benzene rings is 1. The SMILES string of the molecule is COC1CCCN(CC(=O)c2ccccc2F)C1. The highest BCUT2D eigenvalue weighted by Gasteiger charge is 2.22.